The number of hydrogen-bond acceptors (Lipinski definition) is 4. The molecule has 1 aromatic rings. The summed E-state index contributed by atoms with van der Waals surface area (Å²) in [5.74, 6) is 0.689. The molecule has 108 valence electrons. The van der Waals surface area contributed by atoms with E-state index in [0.717, 1.165) is 0 Å². The summed E-state index contributed by atoms with van der Waals surface area (Å²) in [5, 5.41) is 31.1. The van der Waals surface area contributed by atoms with Crippen molar-refractivity contribution in [1.29, 1.82) is 0 Å². The average molecular weight is 267 g/mol. The normalized spacial score (nSPS) is 13.8. The quantitative estimate of drug-likeness (QED) is 0.560. The highest BCUT2D eigenvalue weighted by Gasteiger charge is 2.29. The molecule has 1 unspecified atom stereocenters. The third kappa shape index (κ3) is 4.28. The Morgan fingerprint density at radius 1 is 1.00 bits per heavy atom. The highest BCUT2D eigenvalue weighted by molar-refractivity contribution is 5.20. The third-order valence-electron chi connectivity index (χ3n) is 3.64. The molecule has 4 heteroatoms. The smallest absolute Gasteiger partial charge is 0.0881 e. The van der Waals surface area contributed by atoms with E-state index in [1.807, 2.05) is 18.2 Å². The van der Waals surface area contributed by atoms with Crippen molar-refractivity contribution in [2.24, 2.45) is 5.92 Å². The van der Waals surface area contributed by atoms with Crippen molar-refractivity contribution in [3.8, 4) is 0 Å². The van der Waals surface area contributed by atoms with E-state index in [4.69, 9.17) is 0 Å². The summed E-state index contributed by atoms with van der Waals surface area (Å²) in [6, 6.07) is 10.1. The molecule has 0 spiro atoms. The van der Waals surface area contributed by atoms with E-state index in [1.165, 1.54) is 5.56 Å². The molecule has 0 saturated carbocycles. The van der Waals surface area contributed by atoms with Gasteiger partial charge in [0.25, 0.3) is 0 Å². The van der Waals surface area contributed by atoms with Gasteiger partial charge in [-0.15, -0.1) is 0 Å². The van der Waals surface area contributed by atoms with Crippen LogP contribution in [0.5, 0.6) is 0 Å². The van der Waals surface area contributed by atoms with Crippen LogP contribution in [0.4, 0.5) is 0 Å². The number of aliphatic hydroxyl groups excluding tert-OH is 3. The molecule has 0 radical (unpaired) electrons. The molecule has 0 saturated heterocycles. The maximum atomic E-state index is 9.32. The van der Waals surface area contributed by atoms with Gasteiger partial charge in [-0.05, 0) is 17.4 Å². The number of nitrogens with one attached hydrogen (secondary N) is 1. The third-order valence-corrected chi connectivity index (χ3v) is 3.64. The van der Waals surface area contributed by atoms with Crippen molar-refractivity contribution >= 4 is 0 Å². The van der Waals surface area contributed by atoms with Gasteiger partial charge in [-0.1, -0.05) is 44.2 Å². The van der Waals surface area contributed by atoms with Gasteiger partial charge in [0.1, 0.15) is 0 Å². The lowest BCUT2D eigenvalue weighted by molar-refractivity contribution is 0.0407. The van der Waals surface area contributed by atoms with Gasteiger partial charge in [0, 0.05) is 6.54 Å². The second-order valence-corrected chi connectivity index (χ2v) is 5.40. The lowest BCUT2D eigenvalue weighted by Gasteiger charge is -2.32. The summed E-state index contributed by atoms with van der Waals surface area (Å²) < 4.78 is 0. The Morgan fingerprint density at radius 3 is 1.95 bits per heavy atom. The maximum absolute atomic E-state index is 9.32. The molecule has 4 N–H and O–H groups in total. The highest BCUT2D eigenvalue weighted by Crippen LogP contribution is 2.24. The molecule has 0 heterocycles. The first-order valence-corrected chi connectivity index (χ1v) is 6.71. The molecule has 0 aliphatic heterocycles. The van der Waals surface area contributed by atoms with Crippen molar-refractivity contribution in [1.82, 2.24) is 5.32 Å². The van der Waals surface area contributed by atoms with Crippen molar-refractivity contribution in [2.45, 2.75) is 25.3 Å². The molecular weight excluding hydrogens is 242 g/mol. The lowest BCUT2D eigenvalue weighted by atomic mass is 9.87. The fourth-order valence-electron chi connectivity index (χ4n) is 2.08. The molecule has 1 rings (SSSR count). The van der Waals surface area contributed by atoms with Gasteiger partial charge in [0.2, 0.25) is 0 Å². The zero-order valence-electron chi connectivity index (χ0n) is 11.7. The Hall–Kier alpha value is -0.940. The van der Waals surface area contributed by atoms with Crippen molar-refractivity contribution in [3.63, 3.8) is 0 Å². The molecule has 1 atom stereocenters. The van der Waals surface area contributed by atoms with E-state index in [2.05, 4.69) is 31.3 Å². The SMILES string of the molecule is CC(C)C(CNC(CO)(CO)CO)c1ccccc1. The van der Waals surface area contributed by atoms with Crippen LogP contribution in [0.15, 0.2) is 30.3 Å². The van der Waals surface area contributed by atoms with E-state index in [1.54, 1.807) is 0 Å². The lowest BCUT2D eigenvalue weighted by Crippen LogP contribution is -2.56. The summed E-state index contributed by atoms with van der Waals surface area (Å²) in [6.45, 7) is 4.00. The van der Waals surface area contributed by atoms with E-state index in [9.17, 15) is 15.3 Å². The molecule has 0 amide bonds. The Bertz CT molecular complexity index is 341. The van der Waals surface area contributed by atoms with Crippen LogP contribution >= 0.6 is 0 Å². The predicted octanol–water partition coefficient (Wildman–Crippen LogP) is 0.731. The summed E-state index contributed by atoms with van der Waals surface area (Å²) in [5.41, 5.74) is 0.203. The molecule has 0 aromatic heterocycles. The molecule has 0 bridgehead atoms. The summed E-state index contributed by atoms with van der Waals surface area (Å²) in [4.78, 5) is 0. The van der Waals surface area contributed by atoms with Gasteiger partial charge < -0.3 is 20.6 Å². The minimum Gasteiger partial charge on any atom is -0.394 e. The van der Waals surface area contributed by atoms with Crippen LogP contribution in [0.3, 0.4) is 0 Å². The highest BCUT2D eigenvalue weighted by atomic mass is 16.3. The minimum absolute atomic E-state index is 0.269. The topological polar surface area (TPSA) is 72.7 Å². The fraction of sp³-hybridized carbons (Fsp3) is 0.600. The number of aliphatic hydroxyl groups is 3. The van der Waals surface area contributed by atoms with Crippen LogP contribution in [0.25, 0.3) is 0 Å². The Balaban J connectivity index is 2.76. The van der Waals surface area contributed by atoms with Gasteiger partial charge in [0.05, 0.1) is 25.4 Å². The Morgan fingerprint density at radius 2 is 1.53 bits per heavy atom. The van der Waals surface area contributed by atoms with Gasteiger partial charge in [-0.3, -0.25) is 0 Å². The first-order valence-electron chi connectivity index (χ1n) is 6.71. The van der Waals surface area contributed by atoms with Gasteiger partial charge in [-0.25, -0.2) is 0 Å². The molecular formula is C15H25NO3. The first-order chi connectivity index (χ1) is 9.08. The van der Waals surface area contributed by atoms with Crippen LogP contribution in [0.1, 0.15) is 25.3 Å². The zero-order chi connectivity index (χ0) is 14.3. The van der Waals surface area contributed by atoms with Gasteiger partial charge >= 0.3 is 0 Å². The molecule has 4 nitrogen and oxygen atoms in total. The Labute approximate surface area is 115 Å². The summed E-state index contributed by atoms with van der Waals surface area (Å²) >= 11 is 0. The van der Waals surface area contributed by atoms with Crippen LogP contribution in [0.2, 0.25) is 0 Å². The van der Waals surface area contributed by atoms with E-state index in [0.29, 0.717) is 12.5 Å². The van der Waals surface area contributed by atoms with Gasteiger partial charge in [-0.2, -0.15) is 0 Å². The number of benzene rings is 1. The monoisotopic (exact) mass is 267 g/mol. The van der Waals surface area contributed by atoms with Crippen LogP contribution in [-0.2, 0) is 0 Å². The van der Waals surface area contributed by atoms with Crippen LogP contribution in [0, 0.1) is 5.92 Å². The molecule has 0 aliphatic carbocycles. The summed E-state index contributed by atoms with van der Waals surface area (Å²) in [7, 11) is 0. The number of hydrogen-bond donors (Lipinski definition) is 4. The first kappa shape index (κ1) is 16.1. The van der Waals surface area contributed by atoms with Gasteiger partial charge in [0.15, 0.2) is 0 Å². The minimum atomic E-state index is -1.01. The van der Waals surface area contributed by atoms with Crippen molar-refractivity contribution < 1.29 is 15.3 Å². The summed E-state index contributed by atoms with van der Waals surface area (Å²) in [6.07, 6.45) is 0. The van der Waals surface area contributed by atoms with Crippen molar-refractivity contribution in [3.05, 3.63) is 35.9 Å². The van der Waals surface area contributed by atoms with Crippen LogP contribution in [-0.4, -0.2) is 47.2 Å². The van der Waals surface area contributed by atoms with E-state index in [-0.39, 0.29) is 25.7 Å². The standard InChI is InChI=1S/C15H25NO3/c1-12(2)14(13-6-4-3-5-7-13)8-16-15(9-17,10-18)11-19/h3-7,12,14,16-19H,8-11H2,1-2H3. The second-order valence-electron chi connectivity index (χ2n) is 5.40. The molecule has 0 fully saturated rings. The number of rotatable bonds is 8. The maximum Gasteiger partial charge on any atom is 0.0881 e. The Kier molecular flexibility index (Phi) is 6.45. The largest absolute Gasteiger partial charge is 0.394 e. The van der Waals surface area contributed by atoms with E-state index < -0.39 is 5.54 Å². The average Bonchev–Trinajstić information content (AvgIpc) is 2.45. The predicted molar refractivity (Wildman–Crippen MR) is 76.0 cm³/mol. The van der Waals surface area contributed by atoms with Crippen molar-refractivity contribution in [2.75, 3.05) is 26.4 Å². The second kappa shape index (κ2) is 7.60. The molecule has 1 aromatic carbocycles. The molecule has 19 heavy (non-hydrogen) atoms. The van der Waals surface area contributed by atoms with Crippen LogP contribution < -0.4 is 5.32 Å². The molecule has 0 aliphatic rings. The van der Waals surface area contributed by atoms with E-state index >= 15 is 0 Å². The fourth-order valence-corrected chi connectivity index (χ4v) is 2.08. The zero-order valence-corrected chi connectivity index (χ0v) is 11.7.